The van der Waals surface area contributed by atoms with Gasteiger partial charge in [-0.3, -0.25) is 0 Å². The van der Waals surface area contributed by atoms with Crippen LogP contribution in [-0.4, -0.2) is 12.5 Å². The number of ether oxygens (including phenoxy) is 1. The summed E-state index contributed by atoms with van der Waals surface area (Å²) in [4.78, 5) is 0. The van der Waals surface area contributed by atoms with E-state index in [1.807, 2.05) is 19.1 Å². The monoisotopic (exact) mass is 504 g/mol. The Morgan fingerprint density at radius 1 is 0.806 bits per heavy atom. The molecule has 0 amide bonds. The Hall–Kier alpha value is -2.04. The maximum absolute atomic E-state index is 14.7. The van der Waals surface area contributed by atoms with Crippen LogP contribution in [0.15, 0.2) is 36.4 Å². The van der Waals surface area contributed by atoms with Gasteiger partial charge < -0.3 is 4.74 Å². The zero-order valence-corrected chi connectivity index (χ0v) is 21.7. The predicted molar refractivity (Wildman–Crippen MR) is 138 cm³/mol. The summed E-state index contributed by atoms with van der Waals surface area (Å²) in [6.45, 7) is 3.44. The Morgan fingerprint density at radius 3 is 2.00 bits per heavy atom. The molecule has 5 heteroatoms. The van der Waals surface area contributed by atoms with E-state index >= 15 is 0 Å². The molecule has 198 valence electrons. The zero-order valence-electron chi connectivity index (χ0n) is 21.7. The molecule has 0 spiro atoms. The maximum atomic E-state index is 14.7. The summed E-state index contributed by atoms with van der Waals surface area (Å²) in [5, 5.41) is 0. The molecule has 0 heterocycles. The molecule has 2 saturated carbocycles. The van der Waals surface area contributed by atoms with Crippen molar-refractivity contribution in [3.63, 3.8) is 0 Å². The van der Waals surface area contributed by atoms with Crippen LogP contribution in [-0.2, 0) is 0 Å². The van der Waals surface area contributed by atoms with Gasteiger partial charge in [-0.15, -0.1) is 0 Å². The Balaban J connectivity index is 1.30. The van der Waals surface area contributed by atoms with Crippen LogP contribution in [0.25, 0.3) is 11.1 Å². The molecule has 2 fully saturated rings. The summed E-state index contributed by atoms with van der Waals surface area (Å²) in [6, 6.07) is 11.0. The van der Waals surface area contributed by atoms with Gasteiger partial charge in [-0.25, -0.2) is 13.2 Å². The highest BCUT2D eigenvalue weighted by Crippen LogP contribution is 2.45. The van der Waals surface area contributed by atoms with Crippen molar-refractivity contribution in [3.8, 4) is 16.9 Å². The highest BCUT2D eigenvalue weighted by Gasteiger charge is 2.34. The molecular formula is C31H40F4O. The van der Waals surface area contributed by atoms with E-state index < -0.39 is 17.6 Å². The standard InChI is InChI=1S/C31H40F4O/c1-3-4-19-36-28-18-17-27(29(32)30(28)33)26-15-13-25(14-16-26)24-11-9-23(10-12-24)22-7-5-21(6-8-22)20-31(2,34)35/h13-18,21-24H,3-12,19-20H2,1-2H3. The van der Waals surface area contributed by atoms with Crippen molar-refractivity contribution >= 4 is 0 Å². The Kier molecular flexibility index (Phi) is 9.00. The zero-order chi connectivity index (χ0) is 25.7. The van der Waals surface area contributed by atoms with Crippen molar-refractivity contribution in [1.82, 2.24) is 0 Å². The van der Waals surface area contributed by atoms with Gasteiger partial charge in [-0.1, -0.05) is 37.6 Å². The summed E-state index contributed by atoms with van der Waals surface area (Å²) < 4.78 is 61.3. The number of halogens is 4. The number of benzene rings is 2. The van der Waals surface area contributed by atoms with E-state index in [1.165, 1.54) is 24.5 Å². The third kappa shape index (κ3) is 6.83. The molecule has 2 aromatic rings. The second-order valence-electron chi connectivity index (χ2n) is 11.2. The molecule has 0 aliphatic heterocycles. The molecule has 2 aromatic carbocycles. The molecule has 36 heavy (non-hydrogen) atoms. The molecule has 1 nitrogen and oxygen atoms in total. The van der Waals surface area contributed by atoms with Gasteiger partial charge in [-0.2, -0.15) is 4.39 Å². The van der Waals surface area contributed by atoms with Crippen molar-refractivity contribution in [3.05, 3.63) is 53.6 Å². The quantitative estimate of drug-likeness (QED) is 0.244. The average Bonchev–Trinajstić information content (AvgIpc) is 2.87. The second-order valence-corrected chi connectivity index (χ2v) is 11.2. The minimum atomic E-state index is -2.54. The molecule has 0 unspecified atom stereocenters. The number of hydrogen-bond donors (Lipinski definition) is 0. The average molecular weight is 505 g/mol. The van der Waals surface area contributed by atoms with Gasteiger partial charge in [0.25, 0.3) is 0 Å². The van der Waals surface area contributed by atoms with Gasteiger partial charge in [0, 0.05) is 12.0 Å². The molecule has 0 bridgehead atoms. The Labute approximate surface area is 213 Å². The van der Waals surface area contributed by atoms with Crippen LogP contribution >= 0.6 is 0 Å². The largest absolute Gasteiger partial charge is 0.490 e. The number of hydrogen-bond acceptors (Lipinski definition) is 1. The molecule has 4 rings (SSSR count). The lowest BCUT2D eigenvalue weighted by Gasteiger charge is -2.38. The van der Waals surface area contributed by atoms with Gasteiger partial charge in [0.1, 0.15) is 0 Å². The van der Waals surface area contributed by atoms with Crippen LogP contribution in [0.2, 0.25) is 0 Å². The van der Waals surface area contributed by atoms with E-state index in [4.69, 9.17) is 4.74 Å². The third-order valence-electron chi connectivity index (χ3n) is 8.47. The van der Waals surface area contributed by atoms with E-state index in [9.17, 15) is 17.6 Å². The summed E-state index contributed by atoms with van der Waals surface area (Å²) in [7, 11) is 0. The molecular weight excluding hydrogens is 464 g/mol. The van der Waals surface area contributed by atoms with Gasteiger partial charge in [0.15, 0.2) is 11.6 Å². The number of alkyl halides is 2. The van der Waals surface area contributed by atoms with Crippen molar-refractivity contribution < 1.29 is 22.3 Å². The molecule has 2 aliphatic rings. The molecule has 0 N–H and O–H groups in total. The highest BCUT2D eigenvalue weighted by molar-refractivity contribution is 5.65. The van der Waals surface area contributed by atoms with Crippen LogP contribution in [0.3, 0.4) is 0 Å². The van der Waals surface area contributed by atoms with Crippen molar-refractivity contribution in [2.45, 2.75) is 96.3 Å². The fourth-order valence-corrected chi connectivity index (χ4v) is 6.42. The van der Waals surface area contributed by atoms with E-state index in [1.54, 1.807) is 6.07 Å². The topological polar surface area (TPSA) is 9.23 Å². The fourth-order valence-electron chi connectivity index (χ4n) is 6.42. The van der Waals surface area contributed by atoms with Crippen LogP contribution in [0, 0.1) is 29.4 Å². The lowest BCUT2D eigenvalue weighted by Crippen LogP contribution is -2.27. The molecule has 0 atom stereocenters. The highest BCUT2D eigenvalue weighted by atomic mass is 19.3. The first-order valence-electron chi connectivity index (χ1n) is 13.8. The van der Waals surface area contributed by atoms with Gasteiger partial charge >= 0.3 is 0 Å². The van der Waals surface area contributed by atoms with E-state index in [0.717, 1.165) is 58.3 Å². The van der Waals surface area contributed by atoms with E-state index in [2.05, 4.69) is 12.1 Å². The maximum Gasteiger partial charge on any atom is 0.245 e. The van der Waals surface area contributed by atoms with E-state index in [-0.39, 0.29) is 23.7 Å². The minimum absolute atomic E-state index is 0.0325. The fraction of sp³-hybridized carbons (Fsp3) is 0.613. The van der Waals surface area contributed by atoms with Crippen molar-refractivity contribution in [1.29, 1.82) is 0 Å². The lowest BCUT2D eigenvalue weighted by atomic mass is 9.68. The normalized spacial score (nSPS) is 25.1. The number of rotatable bonds is 9. The summed E-state index contributed by atoms with van der Waals surface area (Å²) in [5.74, 6) is -2.31. The minimum Gasteiger partial charge on any atom is -0.490 e. The van der Waals surface area contributed by atoms with Gasteiger partial charge in [0.05, 0.1) is 6.61 Å². The van der Waals surface area contributed by atoms with Crippen LogP contribution in [0.5, 0.6) is 5.75 Å². The van der Waals surface area contributed by atoms with Crippen molar-refractivity contribution in [2.75, 3.05) is 6.61 Å². The SMILES string of the molecule is CCCCOc1ccc(-c2ccc(C3CCC(C4CCC(CC(C)(F)F)CC4)CC3)cc2)c(F)c1F. The van der Waals surface area contributed by atoms with Crippen LogP contribution in [0.1, 0.15) is 96.0 Å². The molecule has 0 radical (unpaired) electrons. The van der Waals surface area contributed by atoms with Crippen LogP contribution in [0.4, 0.5) is 17.6 Å². The smallest absolute Gasteiger partial charge is 0.245 e. The van der Waals surface area contributed by atoms with E-state index in [0.29, 0.717) is 29.9 Å². The predicted octanol–water partition coefficient (Wildman–Crippen LogP) is 9.94. The Bertz CT molecular complexity index is 965. The summed E-state index contributed by atoms with van der Waals surface area (Å²) in [5.41, 5.74) is 2.17. The Morgan fingerprint density at radius 2 is 1.42 bits per heavy atom. The van der Waals surface area contributed by atoms with Gasteiger partial charge in [0.2, 0.25) is 11.7 Å². The van der Waals surface area contributed by atoms with Crippen LogP contribution < -0.4 is 4.74 Å². The first kappa shape index (κ1) is 27.0. The van der Waals surface area contributed by atoms with Gasteiger partial charge in [-0.05, 0) is 112 Å². The summed E-state index contributed by atoms with van der Waals surface area (Å²) >= 11 is 0. The summed E-state index contributed by atoms with van der Waals surface area (Å²) in [6.07, 6.45) is 10.5. The first-order chi connectivity index (χ1) is 17.2. The molecule has 0 saturated heterocycles. The second kappa shape index (κ2) is 12.0. The number of unbranched alkanes of at least 4 members (excludes halogenated alkanes) is 1. The molecule has 0 aromatic heterocycles. The van der Waals surface area contributed by atoms with Crippen molar-refractivity contribution in [2.24, 2.45) is 17.8 Å². The molecule has 2 aliphatic carbocycles. The lowest BCUT2D eigenvalue weighted by molar-refractivity contribution is -0.0130. The third-order valence-corrected chi connectivity index (χ3v) is 8.47. The first-order valence-corrected chi connectivity index (χ1v) is 13.8.